The number of amides is 1. The molecule has 0 fully saturated rings. The van der Waals surface area contributed by atoms with E-state index in [9.17, 15) is 4.79 Å². The quantitative estimate of drug-likeness (QED) is 0.588. The van der Waals surface area contributed by atoms with Crippen molar-refractivity contribution in [1.82, 2.24) is 4.90 Å². The van der Waals surface area contributed by atoms with Crippen LogP contribution >= 0.6 is 23.1 Å². The zero-order valence-electron chi connectivity index (χ0n) is 15.1. The summed E-state index contributed by atoms with van der Waals surface area (Å²) < 4.78 is 5.50. The molecule has 3 nitrogen and oxygen atoms in total. The van der Waals surface area contributed by atoms with E-state index in [4.69, 9.17) is 4.74 Å². The van der Waals surface area contributed by atoms with Gasteiger partial charge in [0.25, 0.3) is 0 Å². The molecule has 5 heteroatoms. The molecular formula is C22H21NO2S2. The second kappa shape index (κ2) is 8.19. The Morgan fingerprint density at radius 2 is 1.89 bits per heavy atom. The molecule has 138 valence electrons. The molecule has 1 aliphatic rings. The highest BCUT2D eigenvalue weighted by molar-refractivity contribution is 8.01. The Labute approximate surface area is 168 Å². The fourth-order valence-electron chi connectivity index (χ4n) is 3.37. The molecule has 2 heterocycles. The lowest BCUT2D eigenvalue weighted by Crippen LogP contribution is -2.36. The van der Waals surface area contributed by atoms with Crippen molar-refractivity contribution < 1.29 is 9.53 Å². The SMILES string of the molecule is COc1ccccc1CN(Cc1cccs1)C(=O)[C@@H]1Cc2ccccc2S1. The van der Waals surface area contributed by atoms with Gasteiger partial charge >= 0.3 is 0 Å². The van der Waals surface area contributed by atoms with Crippen molar-refractivity contribution in [2.75, 3.05) is 7.11 Å². The van der Waals surface area contributed by atoms with Crippen LogP contribution in [0, 0.1) is 0 Å². The Kier molecular flexibility index (Phi) is 5.50. The number of rotatable bonds is 6. The van der Waals surface area contributed by atoms with Crippen LogP contribution in [-0.4, -0.2) is 23.2 Å². The third kappa shape index (κ3) is 4.04. The molecule has 1 atom stereocenters. The number of nitrogens with zero attached hydrogens (tertiary/aromatic N) is 1. The molecule has 1 aliphatic heterocycles. The van der Waals surface area contributed by atoms with E-state index in [-0.39, 0.29) is 11.2 Å². The number of fused-ring (bicyclic) bond motifs is 1. The molecule has 0 unspecified atom stereocenters. The van der Waals surface area contributed by atoms with Crippen LogP contribution in [0.5, 0.6) is 5.75 Å². The van der Waals surface area contributed by atoms with Crippen LogP contribution in [0.25, 0.3) is 0 Å². The number of ether oxygens (including phenoxy) is 1. The normalized spacial score (nSPS) is 15.4. The van der Waals surface area contributed by atoms with Crippen molar-refractivity contribution in [2.24, 2.45) is 0 Å². The van der Waals surface area contributed by atoms with Gasteiger partial charge in [0.15, 0.2) is 0 Å². The lowest BCUT2D eigenvalue weighted by Gasteiger charge is -2.26. The average molecular weight is 396 g/mol. The molecule has 0 N–H and O–H groups in total. The van der Waals surface area contributed by atoms with Gasteiger partial charge in [-0.2, -0.15) is 0 Å². The number of benzene rings is 2. The Balaban J connectivity index is 1.57. The van der Waals surface area contributed by atoms with Crippen LogP contribution in [0.2, 0.25) is 0 Å². The van der Waals surface area contributed by atoms with E-state index in [2.05, 4.69) is 23.6 Å². The fraction of sp³-hybridized carbons (Fsp3) is 0.227. The summed E-state index contributed by atoms with van der Waals surface area (Å²) >= 11 is 3.37. The summed E-state index contributed by atoms with van der Waals surface area (Å²) in [6, 6.07) is 20.4. The van der Waals surface area contributed by atoms with Gasteiger partial charge in [0.2, 0.25) is 5.91 Å². The molecule has 4 rings (SSSR count). The molecule has 0 saturated heterocycles. The van der Waals surface area contributed by atoms with E-state index in [0.717, 1.165) is 17.7 Å². The second-order valence-electron chi connectivity index (χ2n) is 6.50. The van der Waals surface area contributed by atoms with Crippen LogP contribution in [-0.2, 0) is 24.3 Å². The number of hydrogen-bond acceptors (Lipinski definition) is 4. The molecule has 27 heavy (non-hydrogen) atoms. The van der Waals surface area contributed by atoms with Crippen molar-refractivity contribution in [3.8, 4) is 5.75 Å². The van der Waals surface area contributed by atoms with E-state index in [1.54, 1.807) is 30.2 Å². The van der Waals surface area contributed by atoms with Crippen LogP contribution in [0.4, 0.5) is 0 Å². The fourth-order valence-corrected chi connectivity index (χ4v) is 5.36. The topological polar surface area (TPSA) is 29.5 Å². The standard InChI is InChI=1S/C22H21NO2S2/c1-25-19-10-4-2-8-17(19)14-23(15-18-9-6-12-26-18)22(24)21-13-16-7-3-5-11-20(16)27-21/h2-12,21H,13-15H2,1H3/t21-/m0/s1. The summed E-state index contributed by atoms with van der Waals surface area (Å²) in [5, 5.41) is 2.00. The molecule has 0 radical (unpaired) electrons. The first kappa shape index (κ1) is 18.1. The minimum Gasteiger partial charge on any atom is -0.496 e. The summed E-state index contributed by atoms with van der Waals surface area (Å²) in [6.45, 7) is 1.18. The van der Waals surface area contributed by atoms with Crippen molar-refractivity contribution in [1.29, 1.82) is 0 Å². The van der Waals surface area contributed by atoms with Gasteiger partial charge in [0, 0.05) is 21.9 Å². The molecule has 0 bridgehead atoms. The zero-order chi connectivity index (χ0) is 18.6. The van der Waals surface area contributed by atoms with E-state index in [1.807, 2.05) is 47.4 Å². The highest BCUT2D eigenvalue weighted by Gasteiger charge is 2.31. The van der Waals surface area contributed by atoms with Gasteiger partial charge in [-0.05, 0) is 35.6 Å². The zero-order valence-corrected chi connectivity index (χ0v) is 16.8. The maximum atomic E-state index is 13.4. The van der Waals surface area contributed by atoms with Crippen molar-refractivity contribution in [2.45, 2.75) is 29.7 Å². The van der Waals surface area contributed by atoms with Gasteiger partial charge in [-0.3, -0.25) is 4.79 Å². The first-order chi connectivity index (χ1) is 13.2. The highest BCUT2D eigenvalue weighted by Crippen LogP contribution is 2.38. The molecule has 1 aromatic heterocycles. The predicted octanol–water partition coefficient (Wildman–Crippen LogP) is 5.00. The predicted molar refractivity (Wildman–Crippen MR) is 111 cm³/mol. The Bertz CT molecular complexity index is 899. The number of para-hydroxylation sites is 1. The lowest BCUT2D eigenvalue weighted by molar-refractivity contribution is -0.131. The van der Waals surface area contributed by atoms with Gasteiger partial charge in [0.05, 0.1) is 18.9 Å². The summed E-state index contributed by atoms with van der Waals surface area (Å²) in [7, 11) is 1.67. The molecule has 0 aliphatic carbocycles. The van der Waals surface area contributed by atoms with Gasteiger partial charge in [-0.15, -0.1) is 23.1 Å². The second-order valence-corrected chi connectivity index (χ2v) is 8.78. The van der Waals surface area contributed by atoms with Crippen molar-refractivity contribution >= 4 is 29.0 Å². The molecule has 3 aromatic rings. The average Bonchev–Trinajstić information content (AvgIpc) is 3.36. The number of thioether (sulfide) groups is 1. The van der Waals surface area contributed by atoms with E-state index in [1.165, 1.54) is 15.3 Å². The van der Waals surface area contributed by atoms with E-state index < -0.39 is 0 Å². The minimum absolute atomic E-state index is 0.0583. The van der Waals surface area contributed by atoms with Crippen LogP contribution in [0.15, 0.2) is 70.9 Å². The van der Waals surface area contributed by atoms with Crippen LogP contribution in [0.1, 0.15) is 16.0 Å². The molecular weight excluding hydrogens is 374 g/mol. The molecule has 2 aromatic carbocycles. The number of carbonyl (C=O) groups excluding carboxylic acids is 1. The van der Waals surface area contributed by atoms with Crippen LogP contribution in [0.3, 0.4) is 0 Å². The summed E-state index contributed by atoms with van der Waals surface area (Å²) in [5.74, 6) is 1.01. The lowest BCUT2D eigenvalue weighted by atomic mass is 10.1. The third-order valence-electron chi connectivity index (χ3n) is 4.71. The molecule has 0 saturated carbocycles. The first-order valence-electron chi connectivity index (χ1n) is 8.92. The molecule has 0 spiro atoms. The molecule has 1 amide bonds. The Morgan fingerprint density at radius 3 is 2.67 bits per heavy atom. The maximum Gasteiger partial charge on any atom is 0.237 e. The Morgan fingerprint density at radius 1 is 1.07 bits per heavy atom. The van der Waals surface area contributed by atoms with Crippen LogP contribution < -0.4 is 4.74 Å². The summed E-state index contributed by atoms with van der Waals surface area (Å²) in [5.41, 5.74) is 2.31. The number of hydrogen-bond donors (Lipinski definition) is 0. The van der Waals surface area contributed by atoms with Crippen molar-refractivity contribution in [3.05, 3.63) is 82.0 Å². The highest BCUT2D eigenvalue weighted by atomic mass is 32.2. The largest absolute Gasteiger partial charge is 0.496 e. The van der Waals surface area contributed by atoms with Crippen molar-refractivity contribution in [3.63, 3.8) is 0 Å². The first-order valence-corrected chi connectivity index (χ1v) is 10.7. The van der Waals surface area contributed by atoms with Gasteiger partial charge in [0.1, 0.15) is 5.75 Å². The van der Waals surface area contributed by atoms with Gasteiger partial charge in [-0.25, -0.2) is 0 Å². The number of thiophene rings is 1. The Hall–Kier alpha value is -2.24. The third-order valence-corrected chi connectivity index (χ3v) is 6.88. The minimum atomic E-state index is -0.0583. The summed E-state index contributed by atoms with van der Waals surface area (Å²) in [6.07, 6.45) is 0.798. The van der Waals surface area contributed by atoms with Gasteiger partial charge in [-0.1, -0.05) is 42.5 Å². The van der Waals surface area contributed by atoms with Gasteiger partial charge < -0.3 is 9.64 Å². The number of methoxy groups -OCH3 is 1. The maximum absolute atomic E-state index is 13.4. The monoisotopic (exact) mass is 395 g/mol. The summed E-state index contributed by atoms with van der Waals surface area (Å²) in [4.78, 5) is 17.8. The van der Waals surface area contributed by atoms with E-state index in [0.29, 0.717) is 13.1 Å². The number of carbonyl (C=O) groups is 1. The smallest absolute Gasteiger partial charge is 0.237 e. The van der Waals surface area contributed by atoms with E-state index >= 15 is 0 Å².